The highest BCUT2D eigenvalue weighted by Gasteiger charge is 2.36. The molecule has 1 fully saturated rings. The molecule has 2 aliphatic rings. The molecule has 0 radical (unpaired) electrons. The van der Waals surface area contributed by atoms with Crippen molar-refractivity contribution in [2.45, 2.75) is 26.0 Å². The van der Waals surface area contributed by atoms with Gasteiger partial charge in [0, 0.05) is 31.7 Å². The van der Waals surface area contributed by atoms with E-state index in [1.165, 1.54) is 16.7 Å². The summed E-state index contributed by atoms with van der Waals surface area (Å²) in [5.74, 6) is 0.955. The summed E-state index contributed by atoms with van der Waals surface area (Å²) in [5, 5.41) is 10.4. The van der Waals surface area contributed by atoms with Gasteiger partial charge in [0.2, 0.25) is 0 Å². The minimum Gasteiger partial charge on any atom is -0.490 e. The normalized spacial score (nSPS) is 28.0. The van der Waals surface area contributed by atoms with E-state index in [1.807, 2.05) is 0 Å². The fraction of sp³-hybridized carbons (Fsp3) is 0.625. The van der Waals surface area contributed by atoms with Gasteiger partial charge in [-0.25, -0.2) is 0 Å². The van der Waals surface area contributed by atoms with Crippen LogP contribution in [0.2, 0.25) is 0 Å². The molecule has 0 spiro atoms. The predicted octanol–water partition coefficient (Wildman–Crippen LogP) is 1.35. The molecule has 0 aliphatic carbocycles. The molecule has 0 saturated carbocycles. The molecule has 4 heteroatoms. The van der Waals surface area contributed by atoms with Gasteiger partial charge in [0.25, 0.3) is 0 Å². The number of ether oxygens (including phenoxy) is 1. The van der Waals surface area contributed by atoms with Gasteiger partial charge in [-0.1, -0.05) is 6.07 Å². The van der Waals surface area contributed by atoms with Crippen LogP contribution < -0.4 is 4.74 Å². The number of hydrogen-bond donors (Lipinski definition) is 1. The van der Waals surface area contributed by atoms with Gasteiger partial charge in [0.1, 0.15) is 18.5 Å². The Bertz CT molecular complexity index is 495. The summed E-state index contributed by atoms with van der Waals surface area (Å²) in [4.78, 5) is 4.75. The third-order valence-electron chi connectivity index (χ3n) is 4.49. The topological polar surface area (TPSA) is 35.9 Å². The Morgan fingerprint density at radius 3 is 2.55 bits per heavy atom. The van der Waals surface area contributed by atoms with Crippen molar-refractivity contribution < 1.29 is 9.84 Å². The molecule has 2 heterocycles. The zero-order valence-corrected chi connectivity index (χ0v) is 12.6. The molecule has 0 aromatic heterocycles. The monoisotopic (exact) mass is 276 g/mol. The average Bonchev–Trinajstić information content (AvgIpc) is 2.40. The summed E-state index contributed by atoms with van der Waals surface area (Å²) in [6.45, 7) is 8.74. The molecule has 1 aromatic carbocycles. The van der Waals surface area contributed by atoms with Crippen molar-refractivity contribution in [2.24, 2.45) is 0 Å². The van der Waals surface area contributed by atoms with Gasteiger partial charge in [0.05, 0.1) is 6.04 Å². The van der Waals surface area contributed by atoms with Crippen LogP contribution in [-0.4, -0.2) is 60.8 Å². The van der Waals surface area contributed by atoms with E-state index in [4.69, 9.17) is 4.74 Å². The lowest BCUT2D eigenvalue weighted by Crippen LogP contribution is -2.51. The predicted molar refractivity (Wildman–Crippen MR) is 79.2 cm³/mol. The van der Waals surface area contributed by atoms with E-state index in [-0.39, 0.29) is 6.04 Å². The lowest BCUT2D eigenvalue weighted by atomic mass is 9.91. The largest absolute Gasteiger partial charge is 0.490 e. The van der Waals surface area contributed by atoms with Crippen LogP contribution in [0.15, 0.2) is 12.1 Å². The van der Waals surface area contributed by atoms with Crippen molar-refractivity contribution in [2.75, 3.05) is 39.8 Å². The van der Waals surface area contributed by atoms with Crippen LogP contribution in [-0.2, 0) is 0 Å². The number of aliphatic hydroxyl groups excluding tert-OH is 1. The third-order valence-corrected chi connectivity index (χ3v) is 4.49. The molecule has 1 N–H and O–H groups in total. The van der Waals surface area contributed by atoms with Crippen LogP contribution >= 0.6 is 0 Å². The van der Waals surface area contributed by atoms with Gasteiger partial charge in [-0.15, -0.1) is 0 Å². The molecule has 2 atom stereocenters. The van der Waals surface area contributed by atoms with E-state index in [0.29, 0.717) is 6.61 Å². The van der Waals surface area contributed by atoms with Gasteiger partial charge in [-0.05, 0) is 38.1 Å². The molecule has 0 amide bonds. The van der Waals surface area contributed by atoms with Crippen LogP contribution in [0.4, 0.5) is 0 Å². The summed E-state index contributed by atoms with van der Waals surface area (Å²) in [7, 11) is 2.15. The van der Waals surface area contributed by atoms with Crippen LogP contribution in [0.1, 0.15) is 22.7 Å². The Morgan fingerprint density at radius 1 is 1.15 bits per heavy atom. The van der Waals surface area contributed by atoms with Crippen molar-refractivity contribution >= 4 is 0 Å². The van der Waals surface area contributed by atoms with Crippen molar-refractivity contribution in [3.63, 3.8) is 0 Å². The quantitative estimate of drug-likeness (QED) is 0.840. The molecule has 110 valence electrons. The zero-order chi connectivity index (χ0) is 14.3. The number of hydrogen-bond acceptors (Lipinski definition) is 4. The third kappa shape index (κ3) is 2.43. The maximum absolute atomic E-state index is 10.4. The number of benzene rings is 1. The summed E-state index contributed by atoms with van der Waals surface area (Å²) >= 11 is 0. The van der Waals surface area contributed by atoms with Crippen LogP contribution in [0, 0.1) is 13.8 Å². The minimum atomic E-state index is -0.438. The smallest absolute Gasteiger partial charge is 0.124 e. The average molecular weight is 276 g/mol. The minimum absolute atomic E-state index is 0.0769. The van der Waals surface area contributed by atoms with Gasteiger partial charge >= 0.3 is 0 Å². The highest BCUT2D eigenvalue weighted by molar-refractivity contribution is 5.47. The Balaban J connectivity index is 1.95. The van der Waals surface area contributed by atoms with Gasteiger partial charge < -0.3 is 14.7 Å². The Kier molecular flexibility index (Phi) is 3.71. The maximum atomic E-state index is 10.4. The Hall–Kier alpha value is -1.10. The molecule has 0 bridgehead atoms. The molecular formula is C16H24N2O2. The number of likely N-dealkylation sites (N-methyl/N-ethyl adjacent to an activating group) is 1. The fourth-order valence-electron chi connectivity index (χ4n) is 3.42. The molecule has 2 unspecified atom stereocenters. The first-order chi connectivity index (χ1) is 9.56. The second-order valence-corrected chi connectivity index (χ2v) is 6.16. The first-order valence-corrected chi connectivity index (χ1v) is 7.41. The standard InChI is InChI=1S/C16H24N2O2/c1-11-8-12(2)15-14(9-11)20-10-13(19)16(15)18-6-4-17(3)5-7-18/h8-9,13,16,19H,4-7,10H2,1-3H3. The van der Waals surface area contributed by atoms with Crippen LogP contribution in [0.3, 0.4) is 0 Å². The highest BCUT2D eigenvalue weighted by Crippen LogP contribution is 2.39. The van der Waals surface area contributed by atoms with Crippen molar-refractivity contribution in [3.8, 4) is 5.75 Å². The summed E-state index contributed by atoms with van der Waals surface area (Å²) in [6, 6.07) is 4.36. The number of rotatable bonds is 1. The molecule has 2 aliphatic heterocycles. The SMILES string of the molecule is Cc1cc(C)c2c(c1)OCC(O)C2N1CCN(C)CC1. The lowest BCUT2D eigenvalue weighted by molar-refractivity contribution is -0.0156. The van der Waals surface area contributed by atoms with Crippen LogP contribution in [0.5, 0.6) is 5.75 Å². The number of fused-ring (bicyclic) bond motifs is 1. The molecular weight excluding hydrogens is 252 g/mol. The van der Waals surface area contributed by atoms with Gasteiger partial charge in [0.15, 0.2) is 0 Å². The Morgan fingerprint density at radius 2 is 1.85 bits per heavy atom. The second kappa shape index (κ2) is 5.35. The first kappa shape index (κ1) is 13.9. The van der Waals surface area contributed by atoms with E-state index in [9.17, 15) is 5.11 Å². The molecule has 4 nitrogen and oxygen atoms in total. The first-order valence-electron chi connectivity index (χ1n) is 7.41. The lowest BCUT2D eigenvalue weighted by Gasteiger charge is -2.43. The van der Waals surface area contributed by atoms with Gasteiger partial charge in [-0.3, -0.25) is 4.90 Å². The molecule has 3 rings (SSSR count). The number of aryl methyl sites for hydroxylation is 2. The van der Waals surface area contributed by atoms with Crippen molar-refractivity contribution in [3.05, 3.63) is 28.8 Å². The zero-order valence-electron chi connectivity index (χ0n) is 12.6. The molecule has 1 aromatic rings. The highest BCUT2D eigenvalue weighted by atomic mass is 16.5. The van der Waals surface area contributed by atoms with E-state index in [0.717, 1.165) is 31.9 Å². The van der Waals surface area contributed by atoms with Crippen LogP contribution in [0.25, 0.3) is 0 Å². The fourth-order valence-corrected chi connectivity index (χ4v) is 3.42. The van der Waals surface area contributed by atoms with E-state index in [2.05, 4.69) is 42.8 Å². The Labute approximate surface area is 120 Å². The molecule has 20 heavy (non-hydrogen) atoms. The summed E-state index contributed by atoms with van der Waals surface area (Å²) in [5.41, 5.74) is 3.62. The van der Waals surface area contributed by atoms with E-state index >= 15 is 0 Å². The number of aliphatic hydroxyl groups is 1. The summed E-state index contributed by atoms with van der Waals surface area (Å²) < 4.78 is 5.75. The van der Waals surface area contributed by atoms with Gasteiger partial charge in [-0.2, -0.15) is 0 Å². The number of nitrogens with zero attached hydrogens (tertiary/aromatic N) is 2. The van der Waals surface area contributed by atoms with E-state index < -0.39 is 6.10 Å². The second-order valence-electron chi connectivity index (χ2n) is 6.16. The maximum Gasteiger partial charge on any atom is 0.124 e. The van der Waals surface area contributed by atoms with Crippen molar-refractivity contribution in [1.29, 1.82) is 0 Å². The van der Waals surface area contributed by atoms with E-state index in [1.54, 1.807) is 0 Å². The number of piperazine rings is 1. The summed E-state index contributed by atoms with van der Waals surface area (Å²) in [6.07, 6.45) is -0.438. The van der Waals surface area contributed by atoms with Crippen molar-refractivity contribution in [1.82, 2.24) is 9.80 Å². The molecule has 1 saturated heterocycles.